The number of carbonyl (C=O) groups is 1. The van der Waals surface area contributed by atoms with Crippen LogP contribution in [-0.2, 0) is 4.79 Å². The molecule has 6 heteroatoms. The number of alkyl halides is 3. The summed E-state index contributed by atoms with van der Waals surface area (Å²) in [6.45, 7) is 1.85. The molecule has 0 saturated carbocycles. The molecule has 1 amide bonds. The molecule has 0 spiro atoms. The summed E-state index contributed by atoms with van der Waals surface area (Å²) in [7, 11) is 0. The second-order valence-electron chi connectivity index (χ2n) is 2.92. The molecule has 82 valence electrons. The van der Waals surface area contributed by atoms with E-state index in [-0.39, 0.29) is 0 Å². The molecule has 0 saturated heterocycles. The van der Waals surface area contributed by atoms with E-state index in [1.165, 1.54) is 0 Å². The van der Waals surface area contributed by atoms with Gasteiger partial charge in [-0.25, -0.2) is 0 Å². The van der Waals surface area contributed by atoms with Crippen LogP contribution in [0.4, 0.5) is 5.69 Å². The summed E-state index contributed by atoms with van der Waals surface area (Å²) in [5.41, 5.74) is 1.39. The van der Waals surface area contributed by atoms with Crippen molar-refractivity contribution >= 4 is 58.0 Å². The molecule has 0 unspecified atom stereocenters. The monoisotopic (exact) mass is 285 g/mol. The molecule has 0 aliphatic heterocycles. The topological polar surface area (TPSA) is 29.1 Å². The number of nitrogens with one attached hydrogen (secondary N) is 1. The van der Waals surface area contributed by atoms with Crippen molar-refractivity contribution in [2.75, 3.05) is 5.32 Å². The number of hydrogen-bond acceptors (Lipinski definition) is 1. The molecule has 0 radical (unpaired) electrons. The summed E-state index contributed by atoms with van der Waals surface area (Å²) >= 11 is 22.0. The SMILES string of the molecule is Cc1ccc(NC(=O)C(Cl)(Cl)Cl)cc1Cl. The molecule has 1 aromatic carbocycles. The van der Waals surface area contributed by atoms with Gasteiger partial charge in [0.1, 0.15) is 0 Å². The van der Waals surface area contributed by atoms with Gasteiger partial charge in [-0.05, 0) is 24.6 Å². The Morgan fingerprint density at radius 2 is 1.93 bits per heavy atom. The largest absolute Gasteiger partial charge is 0.322 e. The van der Waals surface area contributed by atoms with Crippen molar-refractivity contribution in [2.24, 2.45) is 0 Å². The smallest absolute Gasteiger partial charge is 0.276 e. The molecule has 0 atom stereocenters. The summed E-state index contributed by atoms with van der Waals surface area (Å²) in [6.07, 6.45) is 0. The molecule has 0 fully saturated rings. The van der Waals surface area contributed by atoms with Crippen LogP contribution in [0, 0.1) is 6.92 Å². The maximum Gasteiger partial charge on any atom is 0.276 e. The molecule has 0 aliphatic carbocycles. The predicted octanol–water partition coefficient (Wildman–Crippen LogP) is 3.96. The highest BCUT2D eigenvalue weighted by atomic mass is 35.6. The minimum absolute atomic E-state index is 0.488. The van der Waals surface area contributed by atoms with Gasteiger partial charge in [0.25, 0.3) is 9.70 Å². The third-order valence-electron chi connectivity index (χ3n) is 1.69. The van der Waals surface area contributed by atoms with Crippen molar-refractivity contribution in [3.05, 3.63) is 28.8 Å². The molecule has 0 bridgehead atoms. The number of benzene rings is 1. The lowest BCUT2D eigenvalue weighted by atomic mass is 10.2. The Morgan fingerprint density at radius 3 is 2.40 bits per heavy atom. The summed E-state index contributed by atoms with van der Waals surface area (Å²) in [5, 5.41) is 2.97. The Hall–Kier alpha value is -0.150. The second-order valence-corrected chi connectivity index (χ2v) is 5.60. The number of hydrogen-bond donors (Lipinski definition) is 1. The summed E-state index contributed by atoms with van der Waals surface area (Å²) < 4.78 is -1.97. The van der Waals surface area contributed by atoms with E-state index in [9.17, 15) is 4.79 Å². The Bertz CT molecular complexity index is 386. The highest BCUT2D eigenvalue weighted by Gasteiger charge is 2.30. The minimum atomic E-state index is -1.97. The van der Waals surface area contributed by atoms with Crippen molar-refractivity contribution in [2.45, 2.75) is 10.7 Å². The first-order valence-corrected chi connectivity index (χ1v) is 5.46. The van der Waals surface area contributed by atoms with E-state index in [2.05, 4.69) is 5.32 Å². The first-order chi connectivity index (χ1) is 6.80. The minimum Gasteiger partial charge on any atom is -0.322 e. The zero-order valence-corrected chi connectivity index (χ0v) is 10.7. The van der Waals surface area contributed by atoms with Crippen molar-refractivity contribution in [1.29, 1.82) is 0 Å². The fraction of sp³-hybridized carbons (Fsp3) is 0.222. The molecular weight excluding hydrogens is 280 g/mol. The van der Waals surface area contributed by atoms with Crippen molar-refractivity contribution in [3.63, 3.8) is 0 Å². The number of halogens is 4. The van der Waals surface area contributed by atoms with E-state index in [1.807, 2.05) is 6.92 Å². The predicted molar refractivity (Wildman–Crippen MR) is 65.1 cm³/mol. The fourth-order valence-corrected chi connectivity index (χ4v) is 1.19. The Labute approximate surface area is 107 Å². The van der Waals surface area contributed by atoms with Gasteiger partial charge >= 0.3 is 0 Å². The Balaban J connectivity index is 2.83. The third kappa shape index (κ3) is 3.72. The van der Waals surface area contributed by atoms with Gasteiger partial charge in [-0.3, -0.25) is 4.79 Å². The fourth-order valence-electron chi connectivity index (χ4n) is 0.873. The average molecular weight is 287 g/mol. The van der Waals surface area contributed by atoms with Gasteiger partial charge in [-0.1, -0.05) is 52.5 Å². The third-order valence-corrected chi connectivity index (χ3v) is 2.61. The molecule has 0 aliphatic rings. The normalized spacial score (nSPS) is 11.3. The lowest BCUT2D eigenvalue weighted by Gasteiger charge is -2.11. The number of carbonyl (C=O) groups excluding carboxylic acids is 1. The zero-order valence-electron chi connectivity index (χ0n) is 7.65. The van der Waals surface area contributed by atoms with Gasteiger partial charge in [0.15, 0.2) is 0 Å². The van der Waals surface area contributed by atoms with Crippen LogP contribution in [0.2, 0.25) is 5.02 Å². The van der Waals surface area contributed by atoms with Gasteiger partial charge in [0.2, 0.25) is 0 Å². The Kier molecular flexibility index (Phi) is 4.13. The van der Waals surface area contributed by atoms with Gasteiger partial charge in [0.05, 0.1) is 0 Å². The van der Waals surface area contributed by atoms with E-state index >= 15 is 0 Å². The quantitative estimate of drug-likeness (QED) is 0.778. The number of amides is 1. The van der Waals surface area contributed by atoms with Crippen LogP contribution < -0.4 is 5.32 Å². The van der Waals surface area contributed by atoms with Crippen LogP contribution in [-0.4, -0.2) is 9.70 Å². The first-order valence-electron chi connectivity index (χ1n) is 3.95. The van der Waals surface area contributed by atoms with Crippen LogP contribution in [0.5, 0.6) is 0 Å². The molecule has 0 heterocycles. The van der Waals surface area contributed by atoms with E-state index in [1.54, 1.807) is 18.2 Å². The highest BCUT2D eigenvalue weighted by Crippen LogP contribution is 2.28. The molecule has 15 heavy (non-hydrogen) atoms. The van der Waals surface area contributed by atoms with E-state index in [0.717, 1.165) is 5.56 Å². The van der Waals surface area contributed by atoms with Crippen molar-refractivity contribution < 1.29 is 4.79 Å². The van der Waals surface area contributed by atoms with Crippen LogP contribution in [0.25, 0.3) is 0 Å². The average Bonchev–Trinajstić information content (AvgIpc) is 2.10. The molecule has 0 aromatic heterocycles. The van der Waals surface area contributed by atoms with Crippen molar-refractivity contribution in [3.8, 4) is 0 Å². The van der Waals surface area contributed by atoms with Gasteiger partial charge in [0, 0.05) is 10.7 Å². The standard InChI is InChI=1S/C9H7Cl4NO/c1-5-2-3-6(4-7(5)10)14-8(15)9(11,12)13/h2-4H,1H3,(H,14,15). The van der Waals surface area contributed by atoms with E-state index in [0.29, 0.717) is 10.7 Å². The number of aryl methyl sites for hydroxylation is 1. The van der Waals surface area contributed by atoms with E-state index < -0.39 is 9.70 Å². The van der Waals surface area contributed by atoms with Crippen molar-refractivity contribution in [1.82, 2.24) is 0 Å². The van der Waals surface area contributed by atoms with E-state index in [4.69, 9.17) is 46.4 Å². The second kappa shape index (κ2) is 4.79. The van der Waals surface area contributed by atoms with Crippen LogP contribution in [0.3, 0.4) is 0 Å². The van der Waals surface area contributed by atoms with Crippen LogP contribution in [0.1, 0.15) is 5.56 Å². The van der Waals surface area contributed by atoms with Gasteiger partial charge < -0.3 is 5.32 Å². The lowest BCUT2D eigenvalue weighted by Crippen LogP contribution is -2.26. The first kappa shape index (κ1) is 12.9. The maximum atomic E-state index is 11.3. The number of anilines is 1. The summed E-state index contributed by atoms with van der Waals surface area (Å²) in [6, 6.07) is 5.02. The van der Waals surface area contributed by atoms with Crippen LogP contribution in [0.15, 0.2) is 18.2 Å². The summed E-state index contributed by atoms with van der Waals surface area (Å²) in [4.78, 5) is 11.3. The molecule has 2 nitrogen and oxygen atoms in total. The highest BCUT2D eigenvalue weighted by molar-refractivity contribution is 6.76. The number of rotatable bonds is 1. The molecular formula is C9H7Cl4NO. The zero-order chi connectivity index (χ0) is 11.6. The molecule has 1 rings (SSSR count). The van der Waals surface area contributed by atoms with Gasteiger partial charge in [-0.15, -0.1) is 0 Å². The summed E-state index contributed by atoms with van der Waals surface area (Å²) in [5.74, 6) is -0.715. The molecule has 1 N–H and O–H groups in total. The Morgan fingerprint density at radius 1 is 1.33 bits per heavy atom. The lowest BCUT2D eigenvalue weighted by molar-refractivity contribution is -0.115. The maximum absolute atomic E-state index is 11.3. The van der Waals surface area contributed by atoms with Crippen LogP contribution >= 0.6 is 46.4 Å². The van der Waals surface area contributed by atoms with Gasteiger partial charge in [-0.2, -0.15) is 0 Å². The molecule has 1 aromatic rings.